The first-order valence-electron chi connectivity index (χ1n) is 1.99. The molecular formula is C2H8N6O. The second-order valence-corrected chi connectivity index (χ2v) is 1.05. The molecule has 0 aliphatic carbocycles. The van der Waals surface area contributed by atoms with Gasteiger partial charge >= 0.3 is 12.0 Å². The molecule has 0 aromatic heterocycles. The largest absolute Gasteiger partial charge is 0.391 e. The maximum Gasteiger partial charge on any atom is 0.304 e. The maximum atomic E-state index is 6.68. The fourth-order valence-electron chi connectivity index (χ4n) is 0.161. The lowest BCUT2D eigenvalue weighted by Crippen LogP contribution is -2.39. The minimum atomic E-state index is -0.446. The molecule has 0 fully saturated rings. The van der Waals surface area contributed by atoms with Crippen LogP contribution in [0.2, 0.25) is 0 Å². The molecule has 0 aromatic rings. The number of hydrogen-bond donors (Lipinski definition) is 6. The summed E-state index contributed by atoms with van der Waals surface area (Å²) in [7, 11) is 0. The van der Waals surface area contributed by atoms with Crippen molar-refractivity contribution in [1.29, 1.82) is 10.8 Å². The van der Waals surface area contributed by atoms with E-state index in [1.807, 2.05) is 10.9 Å². The zero-order chi connectivity index (χ0) is 7.28. The van der Waals surface area contributed by atoms with E-state index in [4.69, 9.17) is 22.5 Å². The van der Waals surface area contributed by atoms with E-state index in [2.05, 4.69) is 4.74 Å². The lowest BCUT2D eigenvalue weighted by Gasteiger charge is -2.03. The van der Waals surface area contributed by atoms with E-state index in [0.717, 1.165) is 0 Å². The molecule has 9 heavy (non-hydrogen) atoms. The molecule has 0 amide bonds. The summed E-state index contributed by atoms with van der Waals surface area (Å²) in [5.41, 5.74) is 3.71. The Morgan fingerprint density at radius 3 is 1.67 bits per heavy atom. The maximum absolute atomic E-state index is 6.68. The molecule has 0 unspecified atom stereocenters. The average molecular weight is 132 g/mol. The van der Waals surface area contributed by atoms with Crippen molar-refractivity contribution < 1.29 is 4.74 Å². The number of nitrogens with one attached hydrogen (secondary N) is 4. The first-order valence-corrected chi connectivity index (χ1v) is 1.99. The van der Waals surface area contributed by atoms with Crippen molar-refractivity contribution in [3.05, 3.63) is 0 Å². The normalized spacial score (nSPS) is 7.78. The van der Waals surface area contributed by atoms with Crippen molar-refractivity contribution in [2.24, 2.45) is 11.7 Å². The van der Waals surface area contributed by atoms with Gasteiger partial charge in [-0.1, -0.05) is 0 Å². The SMILES string of the molecule is N=C(NN)OC(=N)NN. The monoisotopic (exact) mass is 132 g/mol. The minimum absolute atomic E-state index is 0.446. The molecule has 0 saturated carbocycles. The van der Waals surface area contributed by atoms with Gasteiger partial charge in [0.2, 0.25) is 0 Å². The van der Waals surface area contributed by atoms with Crippen molar-refractivity contribution in [2.45, 2.75) is 0 Å². The van der Waals surface area contributed by atoms with Crippen LogP contribution in [0.5, 0.6) is 0 Å². The first-order chi connectivity index (χ1) is 4.20. The topological polar surface area (TPSA) is 133 Å². The summed E-state index contributed by atoms with van der Waals surface area (Å²) in [6, 6.07) is -0.893. The van der Waals surface area contributed by atoms with Gasteiger partial charge in [-0.2, -0.15) is 0 Å². The summed E-state index contributed by atoms with van der Waals surface area (Å²) in [4.78, 5) is 0. The van der Waals surface area contributed by atoms with Crippen LogP contribution in [-0.4, -0.2) is 12.0 Å². The molecule has 0 bridgehead atoms. The van der Waals surface area contributed by atoms with Gasteiger partial charge in [-0.15, -0.1) is 0 Å². The van der Waals surface area contributed by atoms with Gasteiger partial charge < -0.3 is 4.74 Å². The molecule has 0 rings (SSSR count). The van der Waals surface area contributed by atoms with Crippen LogP contribution in [-0.2, 0) is 4.74 Å². The highest BCUT2D eigenvalue weighted by Gasteiger charge is 1.95. The smallest absolute Gasteiger partial charge is 0.304 e. The predicted molar refractivity (Wildman–Crippen MR) is 31.2 cm³/mol. The van der Waals surface area contributed by atoms with E-state index in [1.54, 1.807) is 0 Å². The van der Waals surface area contributed by atoms with Gasteiger partial charge in [0.1, 0.15) is 0 Å². The molecule has 0 saturated heterocycles. The van der Waals surface area contributed by atoms with Gasteiger partial charge in [0.25, 0.3) is 0 Å². The molecular weight excluding hydrogens is 124 g/mol. The highest BCUT2D eigenvalue weighted by atomic mass is 16.5. The van der Waals surface area contributed by atoms with Crippen LogP contribution in [0.25, 0.3) is 0 Å². The fraction of sp³-hybridized carbons (Fsp3) is 0. The summed E-state index contributed by atoms with van der Waals surface area (Å²) >= 11 is 0. The predicted octanol–water partition coefficient (Wildman–Crippen LogP) is -2.20. The molecule has 0 atom stereocenters. The van der Waals surface area contributed by atoms with Gasteiger partial charge in [-0.3, -0.25) is 10.9 Å². The van der Waals surface area contributed by atoms with Crippen LogP contribution < -0.4 is 22.5 Å². The molecule has 0 aliphatic rings. The molecule has 7 heteroatoms. The number of rotatable bonds is 0. The average Bonchev–Trinajstić information content (AvgIpc) is 1.87. The number of hydrazine groups is 2. The fourth-order valence-corrected chi connectivity index (χ4v) is 0.161. The van der Waals surface area contributed by atoms with Crippen LogP contribution in [0.15, 0.2) is 0 Å². The Balaban J connectivity index is 3.47. The van der Waals surface area contributed by atoms with Crippen molar-refractivity contribution in [1.82, 2.24) is 10.9 Å². The van der Waals surface area contributed by atoms with Gasteiger partial charge in [0.05, 0.1) is 0 Å². The van der Waals surface area contributed by atoms with Crippen molar-refractivity contribution in [2.75, 3.05) is 0 Å². The van der Waals surface area contributed by atoms with Crippen LogP contribution in [0, 0.1) is 10.8 Å². The van der Waals surface area contributed by atoms with Crippen molar-refractivity contribution in [3.8, 4) is 0 Å². The van der Waals surface area contributed by atoms with Crippen LogP contribution >= 0.6 is 0 Å². The van der Waals surface area contributed by atoms with Crippen LogP contribution in [0.4, 0.5) is 0 Å². The highest BCUT2D eigenvalue weighted by Crippen LogP contribution is 1.68. The Labute approximate surface area is 51.3 Å². The number of hydrogen-bond acceptors (Lipinski definition) is 5. The van der Waals surface area contributed by atoms with Gasteiger partial charge in [-0.05, 0) is 0 Å². The third-order valence-electron chi connectivity index (χ3n) is 0.466. The van der Waals surface area contributed by atoms with Crippen molar-refractivity contribution >= 4 is 12.0 Å². The quantitative estimate of drug-likeness (QED) is 0.0962. The summed E-state index contributed by atoms with van der Waals surface area (Å²) in [5, 5.41) is 13.4. The number of ether oxygens (including phenoxy) is 1. The van der Waals surface area contributed by atoms with E-state index in [0.29, 0.717) is 0 Å². The van der Waals surface area contributed by atoms with Gasteiger partial charge in [-0.25, -0.2) is 22.5 Å². The Kier molecular flexibility index (Phi) is 3.09. The molecule has 0 aliphatic heterocycles. The van der Waals surface area contributed by atoms with Gasteiger partial charge in [0, 0.05) is 0 Å². The zero-order valence-electron chi connectivity index (χ0n) is 4.56. The second-order valence-electron chi connectivity index (χ2n) is 1.05. The highest BCUT2D eigenvalue weighted by molar-refractivity contribution is 5.85. The van der Waals surface area contributed by atoms with Crippen LogP contribution in [0.1, 0.15) is 0 Å². The molecule has 8 N–H and O–H groups in total. The number of nitrogens with two attached hydrogens (primary N) is 2. The van der Waals surface area contributed by atoms with E-state index in [9.17, 15) is 0 Å². The third kappa shape index (κ3) is 3.26. The van der Waals surface area contributed by atoms with E-state index in [-0.39, 0.29) is 0 Å². The summed E-state index contributed by atoms with van der Waals surface area (Å²) in [5.74, 6) is 9.42. The van der Waals surface area contributed by atoms with Crippen LogP contribution in [0.3, 0.4) is 0 Å². The Morgan fingerprint density at radius 2 is 1.44 bits per heavy atom. The molecule has 0 heterocycles. The Hall–Kier alpha value is -1.34. The Bertz CT molecular complexity index is 106. The number of amidine groups is 2. The summed E-state index contributed by atoms with van der Waals surface area (Å²) in [6.07, 6.45) is 0. The molecule has 0 spiro atoms. The molecule has 52 valence electrons. The minimum Gasteiger partial charge on any atom is -0.391 e. The summed E-state index contributed by atoms with van der Waals surface area (Å²) in [6.45, 7) is 0. The molecule has 0 aromatic carbocycles. The van der Waals surface area contributed by atoms with E-state index < -0.39 is 12.0 Å². The molecule has 0 radical (unpaired) electrons. The second kappa shape index (κ2) is 3.64. The van der Waals surface area contributed by atoms with Gasteiger partial charge in [0.15, 0.2) is 0 Å². The summed E-state index contributed by atoms with van der Waals surface area (Å²) < 4.78 is 4.24. The van der Waals surface area contributed by atoms with E-state index >= 15 is 0 Å². The molecule has 7 nitrogen and oxygen atoms in total. The standard InChI is InChI=1S/C2H8N6O/c3-1(7-5)9-2(4)8-6/h5-6H2,(H2,3,7)(H2,4,8). The van der Waals surface area contributed by atoms with E-state index in [1.165, 1.54) is 0 Å². The third-order valence-corrected chi connectivity index (χ3v) is 0.466. The van der Waals surface area contributed by atoms with Crippen molar-refractivity contribution in [3.63, 3.8) is 0 Å². The lowest BCUT2D eigenvalue weighted by atomic mass is 11.1. The first kappa shape index (κ1) is 7.66. The Morgan fingerprint density at radius 1 is 1.11 bits per heavy atom. The lowest BCUT2D eigenvalue weighted by molar-refractivity contribution is 0.474. The zero-order valence-corrected chi connectivity index (χ0v) is 4.56.